The minimum Gasteiger partial charge on any atom is -0.337 e. The van der Waals surface area contributed by atoms with E-state index in [4.69, 9.17) is 5.73 Å². The molecule has 2 saturated heterocycles. The molecule has 0 saturated carbocycles. The highest BCUT2D eigenvalue weighted by atomic mass is 35.5. The second-order valence-electron chi connectivity index (χ2n) is 6.72. The van der Waals surface area contributed by atoms with Crippen LogP contribution in [0.3, 0.4) is 0 Å². The van der Waals surface area contributed by atoms with Crippen molar-refractivity contribution >= 4 is 39.7 Å². The van der Waals surface area contributed by atoms with E-state index in [1.54, 1.807) is 16.3 Å². The lowest BCUT2D eigenvalue weighted by atomic mass is 9.90. The molecule has 1 unspecified atom stereocenters. The van der Waals surface area contributed by atoms with Gasteiger partial charge in [0.05, 0.1) is 0 Å². The molecule has 6 nitrogen and oxygen atoms in total. The Balaban J connectivity index is 0.00000208. The predicted molar refractivity (Wildman–Crippen MR) is 97.2 cm³/mol. The summed E-state index contributed by atoms with van der Waals surface area (Å²) in [7, 11) is -3.56. The minimum atomic E-state index is -3.56. The monoisotopic (exact) mass is 393 g/mol. The Morgan fingerprint density at radius 3 is 2.58 bits per heavy atom. The lowest BCUT2D eigenvalue weighted by molar-refractivity contribution is 0.0778. The number of nitrogens with zero attached hydrogens (tertiary/aromatic N) is 2. The molecule has 9 heteroatoms. The third-order valence-electron chi connectivity index (χ3n) is 4.84. The van der Waals surface area contributed by atoms with Crippen LogP contribution in [0.2, 0.25) is 0 Å². The first kappa shape index (κ1) is 19.7. The van der Waals surface area contributed by atoms with Crippen LogP contribution in [0.1, 0.15) is 35.9 Å². The molecule has 2 fully saturated rings. The standard InChI is InChI=1S/C15H23N3O3S2.ClH/c1-15(10-16)5-8-17(11-15)14(19)13-12(4-9-22-13)23(20,21)18-6-2-3-7-18;/h4,9H,2-3,5-8,10-11,16H2,1H3;1H. The van der Waals surface area contributed by atoms with Gasteiger partial charge in [-0.1, -0.05) is 6.92 Å². The van der Waals surface area contributed by atoms with Gasteiger partial charge in [0.2, 0.25) is 10.0 Å². The third kappa shape index (κ3) is 3.48. The Kier molecular flexibility index (Phi) is 5.97. The smallest absolute Gasteiger partial charge is 0.265 e. The Labute approximate surface area is 153 Å². The van der Waals surface area contributed by atoms with Crippen LogP contribution < -0.4 is 5.73 Å². The molecular weight excluding hydrogens is 370 g/mol. The third-order valence-corrected chi connectivity index (χ3v) is 7.82. The zero-order valence-corrected chi connectivity index (χ0v) is 16.2. The fraction of sp³-hybridized carbons (Fsp3) is 0.667. The highest BCUT2D eigenvalue weighted by Gasteiger charge is 2.38. The van der Waals surface area contributed by atoms with E-state index in [9.17, 15) is 13.2 Å². The molecule has 136 valence electrons. The van der Waals surface area contributed by atoms with Crippen LogP contribution in [-0.2, 0) is 10.0 Å². The Morgan fingerprint density at radius 1 is 1.33 bits per heavy atom. The summed E-state index contributed by atoms with van der Waals surface area (Å²) in [6, 6.07) is 1.56. The number of amides is 1. The SMILES string of the molecule is CC1(CN)CCN(C(=O)c2sccc2S(=O)(=O)N2CCCC2)C1.Cl. The molecule has 0 aliphatic carbocycles. The second-order valence-corrected chi connectivity index (χ2v) is 9.54. The van der Waals surface area contributed by atoms with E-state index in [0.717, 1.165) is 19.3 Å². The summed E-state index contributed by atoms with van der Waals surface area (Å²) < 4.78 is 27.0. The minimum absolute atomic E-state index is 0. The highest BCUT2D eigenvalue weighted by Crippen LogP contribution is 2.33. The highest BCUT2D eigenvalue weighted by molar-refractivity contribution is 7.89. The maximum absolute atomic E-state index is 12.8. The average molecular weight is 394 g/mol. The van der Waals surface area contributed by atoms with Crippen molar-refractivity contribution in [2.45, 2.75) is 31.1 Å². The van der Waals surface area contributed by atoms with E-state index in [-0.39, 0.29) is 28.6 Å². The van der Waals surface area contributed by atoms with E-state index in [0.29, 0.717) is 37.6 Å². The lowest BCUT2D eigenvalue weighted by Gasteiger charge is -2.23. The molecule has 2 aliphatic rings. The van der Waals surface area contributed by atoms with Crippen molar-refractivity contribution < 1.29 is 13.2 Å². The van der Waals surface area contributed by atoms with Gasteiger partial charge in [-0.2, -0.15) is 4.31 Å². The molecule has 0 aromatic carbocycles. The Bertz CT molecular complexity index is 701. The fourth-order valence-electron chi connectivity index (χ4n) is 3.23. The number of carbonyl (C=O) groups is 1. The summed E-state index contributed by atoms with van der Waals surface area (Å²) in [4.78, 5) is 15.0. The summed E-state index contributed by atoms with van der Waals surface area (Å²) in [5, 5.41) is 1.69. The van der Waals surface area contributed by atoms with E-state index >= 15 is 0 Å². The molecule has 3 heterocycles. The van der Waals surface area contributed by atoms with Gasteiger partial charge in [0.25, 0.3) is 5.91 Å². The van der Waals surface area contributed by atoms with Gasteiger partial charge in [0, 0.05) is 26.2 Å². The summed E-state index contributed by atoms with van der Waals surface area (Å²) in [6.07, 6.45) is 2.62. The summed E-state index contributed by atoms with van der Waals surface area (Å²) in [5.41, 5.74) is 5.72. The topological polar surface area (TPSA) is 83.7 Å². The van der Waals surface area contributed by atoms with Gasteiger partial charge in [-0.3, -0.25) is 4.79 Å². The number of hydrogen-bond donors (Lipinski definition) is 1. The normalized spacial score (nSPS) is 25.0. The van der Waals surface area contributed by atoms with Gasteiger partial charge in [-0.25, -0.2) is 8.42 Å². The van der Waals surface area contributed by atoms with Crippen molar-refractivity contribution in [3.8, 4) is 0 Å². The van der Waals surface area contributed by atoms with Gasteiger partial charge in [-0.05, 0) is 42.7 Å². The van der Waals surface area contributed by atoms with Crippen molar-refractivity contribution in [2.24, 2.45) is 11.1 Å². The van der Waals surface area contributed by atoms with Crippen LogP contribution in [0.4, 0.5) is 0 Å². The number of rotatable bonds is 4. The number of carbonyl (C=O) groups excluding carboxylic acids is 1. The second kappa shape index (κ2) is 7.29. The van der Waals surface area contributed by atoms with Gasteiger partial charge < -0.3 is 10.6 Å². The number of likely N-dealkylation sites (tertiary alicyclic amines) is 1. The summed E-state index contributed by atoms with van der Waals surface area (Å²) >= 11 is 1.21. The van der Waals surface area contributed by atoms with Crippen molar-refractivity contribution in [2.75, 3.05) is 32.7 Å². The quantitative estimate of drug-likeness (QED) is 0.844. The summed E-state index contributed by atoms with van der Waals surface area (Å²) in [6.45, 7) is 4.90. The molecule has 1 aromatic heterocycles. The first-order valence-corrected chi connectivity index (χ1v) is 10.3. The molecule has 0 bridgehead atoms. The predicted octanol–water partition coefficient (Wildman–Crippen LogP) is 1.77. The maximum Gasteiger partial charge on any atom is 0.265 e. The van der Waals surface area contributed by atoms with Crippen LogP contribution in [0.25, 0.3) is 0 Å². The Morgan fingerprint density at radius 2 is 2.00 bits per heavy atom. The number of halogens is 1. The molecule has 1 aromatic rings. The van der Waals surface area contributed by atoms with Gasteiger partial charge in [0.1, 0.15) is 9.77 Å². The van der Waals surface area contributed by atoms with Crippen LogP contribution in [0.5, 0.6) is 0 Å². The maximum atomic E-state index is 12.8. The van der Waals surface area contributed by atoms with Crippen molar-refractivity contribution in [3.05, 3.63) is 16.3 Å². The first-order chi connectivity index (χ1) is 10.9. The molecule has 2 aliphatic heterocycles. The van der Waals surface area contributed by atoms with Crippen molar-refractivity contribution in [1.82, 2.24) is 9.21 Å². The van der Waals surface area contributed by atoms with Gasteiger partial charge in [-0.15, -0.1) is 23.7 Å². The molecule has 1 amide bonds. The van der Waals surface area contributed by atoms with Gasteiger partial charge >= 0.3 is 0 Å². The van der Waals surface area contributed by atoms with Crippen LogP contribution in [0.15, 0.2) is 16.3 Å². The van der Waals surface area contributed by atoms with Crippen LogP contribution in [-0.4, -0.2) is 56.3 Å². The molecule has 0 radical (unpaired) electrons. The van der Waals surface area contributed by atoms with E-state index in [1.165, 1.54) is 15.6 Å². The first-order valence-electron chi connectivity index (χ1n) is 7.94. The van der Waals surface area contributed by atoms with Crippen molar-refractivity contribution in [1.29, 1.82) is 0 Å². The van der Waals surface area contributed by atoms with E-state index < -0.39 is 10.0 Å². The van der Waals surface area contributed by atoms with Gasteiger partial charge in [0.15, 0.2) is 0 Å². The summed E-state index contributed by atoms with van der Waals surface area (Å²) in [5.74, 6) is -0.185. The molecule has 2 N–H and O–H groups in total. The molecule has 3 rings (SSSR count). The number of hydrogen-bond acceptors (Lipinski definition) is 5. The molecule has 24 heavy (non-hydrogen) atoms. The largest absolute Gasteiger partial charge is 0.337 e. The molecule has 1 atom stereocenters. The number of sulfonamides is 1. The molecule has 0 spiro atoms. The number of nitrogens with two attached hydrogens (primary N) is 1. The van der Waals surface area contributed by atoms with Crippen LogP contribution >= 0.6 is 23.7 Å². The zero-order valence-electron chi connectivity index (χ0n) is 13.7. The zero-order chi connectivity index (χ0) is 16.7. The number of thiophene rings is 1. The van der Waals surface area contributed by atoms with Crippen LogP contribution in [0, 0.1) is 5.41 Å². The Hall–Kier alpha value is -0.670. The van der Waals surface area contributed by atoms with E-state index in [1.807, 2.05) is 0 Å². The molecular formula is C15H24ClN3O3S2. The average Bonchev–Trinajstić information content (AvgIpc) is 3.27. The fourth-order valence-corrected chi connectivity index (χ4v) is 6.11. The van der Waals surface area contributed by atoms with Crippen molar-refractivity contribution in [3.63, 3.8) is 0 Å². The van der Waals surface area contributed by atoms with E-state index in [2.05, 4.69) is 6.92 Å². The lowest BCUT2D eigenvalue weighted by Crippen LogP contribution is -2.35.